The van der Waals surface area contributed by atoms with Crippen molar-refractivity contribution in [1.82, 2.24) is 10.6 Å². The van der Waals surface area contributed by atoms with Crippen LogP contribution in [0.2, 0.25) is 0 Å². The molecule has 9 heteroatoms. The van der Waals surface area contributed by atoms with Crippen LogP contribution in [0.1, 0.15) is 37.8 Å². The summed E-state index contributed by atoms with van der Waals surface area (Å²) in [5.41, 5.74) is 4.30. The predicted molar refractivity (Wildman–Crippen MR) is 122 cm³/mol. The van der Waals surface area contributed by atoms with Crippen molar-refractivity contribution in [2.24, 2.45) is 11.8 Å². The van der Waals surface area contributed by atoms with E-state index in [9.17, 15) is 23.2 Å². The molecule has 0 aromatic heterocycles. The summed E-state index contributed by atoms with van der Waals surface area (Å²) in [6.45, 7) is 3.74. The Kier molecular flexibility index (Phi) is 7.54. The van der Waals surface area contributed by atoms with E-state index < -0.39 is 42.4 Å². The zero-order valence-corrected chi connectivity index (χ0v) is 19.2. The highest BCUT2D eigenvalue weighted by atomic mass is 19.3. The molecule has 0 heterocycles. The number of nitrogens with one attached hydrogen (secondary N) is 2. The zero-order chi connectivity index (χ0) is 25.0. The van der Waals surface area contributed by atoms with Crippen molar-refractivity contribution >= 4 is 18.0 Å². The number of carbonyl (C=O) groups is 3. The molecule has 7 nitrogen and oxygen atoms in total. The van der Waals surface area contributed by atoms with Gasteiger partial charge >= 0.3 is 18.0 Å². The van der Waals surface area contributed by atoms with Crippen molar-refractivity contribution in [2.75, 3.05) is 13.2 Å². The summed E-state index contributed by atoms with van der Waals surface area (Å²) in [7, 11) is 0. The second-order valence-corrected chi connectivity index (χ2v) is 8.76. The number of carbonyl (C=O) groups excluding carboxylic acids is 2. The van der Waals surface area contributed by atoms with E-state index in [1.807, 2.05) is 53.8 Å². The third-order valence-electron chi connectivity index (χ3n) is 6.05. The molecular weight excluding hydrogens is 446 g/mol. The van der Waals surface area contributed by atoms with E-state index in [1.165, 1.54) is 0 Å². The normalized spacial score (nSPS) is 14.6. The summed E-state index contributed by atoms with van der Waals surface area (Å²) in [6.07, 6.45) is -0.733. The number of ether oxygens (including phenoxy) is 1. The molecule has 1 aliphatic rings. The first-order valence-corrected chi connectivity index (χ1v) is 11.0. The van der Waals surface area contributed by atoms with Gasteiger partial charge in [0.25, 0.3) is 0 Å². The molecule has 3 rings (SSSR count). The van der Waals surface area contributed by atoms with Gasteiger partial charge in [-0.1, -0.05) is 62.4 Å². The molecule has 0 aliphatic heterocycles. The van der Waals surface area contributed by atoms with E-state index in [-0.39, 0.29) is 18.4 Å². The molecule has 2 unspecified atom stereocenters. The first kappa shape index (κ1) is 25.1. The van der Waals surface area contributed by atoms with E-state index in [2.05, 4.69) is 5.32 Å². The fourth-order valence-corrected chi connectivity index (χ4v) is 4.41. The van der Waals surface area contributed by atoms with Crippen molar-refractivity contribution < 1.29 is 33.0 Å². The predicted octanol–water partition coefficient (Wildman–Crippen LogP) is 4.02. The van der Waals surface area contributed by atoms with Gasteiger partial charge in [0.05, 0.1) is 12.5 Å². The fourth-order valence-electron chi connectivity index (χ4n) is 4.41. The Morgan fingerprint density at radius 3 is 2.03 bits per heavy atom. The van der Waals surface area contributed by atoms with Crippen LogP contribution in [0.5, 0.6) is 0 Å². The number of aliphatic carboxylic acids is 1. The lowest BCUT2D eigenvalue weighted by atomic mass is 9.88. The maximum atomic E-state index is 13.3. The highest BCUT2D eigenvalue weighted by Gasteiger charge is 2.40. The Morgan fingerprint density at radius 1 is 1.00 bits per heavy atom. The monoisotopic (exact) mass is 474 g/mol. The van der Waals surface area contributed by atoms with Crippen LogP contribution in [0.15, 0.2) is 48.5 Å². The number of hydrogen-bond acceptors (Lipinski definition) is 4. The summed E-state index contributed by atoms with van der Waals surface area (Å²) in [5.74, 6) is -8.50. The third kappa shape index (κ3) is 5.35. The number of hydrogen-bond donors (Lipinski definition) is 3. The van der Waals surface area contributed by atoms with Gasteiger partial charge in [-0.15, -0.1) is 0 Å². The Morgan fingerprint density at radius 2 is 1.53 bits per heavy atom. The van der Waals surface area contributed by atoms with E-state index in [0.29, 0.717) is 0 Å². The van der Waals surface area contributed by atoms with Crippen LogP contribution in [0, 0.1) is 11.8 Å². The summed E-state index contributed by atoms with van der Waals surface area (Å²) < 4.78 is 32.2. The molecule has 0 saturated carbocycles. The molecule has 0 saturated heterocycles. The third-order valence-corrected chi connectivity index (χ3v) is 6.05. The quantitative estimate of drug-likeness (QED) is 0.509. The number of carboxylic acids is 1. The highest BCUT2D eigenvalue weighted by Crippen LogP contribution is 2.44. The van der Waals surface area contributed by atoms with Gasteiger partial charge in [0.2, 0.25) is 5.91 Å². The van der Waals surface area contributed by atoms with Crippen LogP contribution in [-0.2, 0) is 14.3 Å². The van der Waals surface area contributed by atoms with E-state index in [0.717, 1.165) is 22.3 Å². The standard InChI is InChI=1S/C25H28F2N2O5/c1-14(2)21(22(30)28-13-25(26,27)23(31)32)15(3)29-24(33)34-12-20-18-10-6-4-8-16(18)17-9-5-7-11-19(17)20/h4-11,14-15,20-21H,12-13H2,1-3H3,(H,28,30)(H,29,33)(H,31,32). The Hall–Kier alpha value is -3.49. The minimum absolute atomic E-state index is 0.0932. The van der Waals surface area contributed by atoms with Gasteiger partial charge in [-0.3, -0.25) is 4.79 Å². The van der Waals surface area contributed by atoms with Crippen LogP contribution < -0.4 is 10.6 Å². The molecular formula is C25H28F2N2O5. The van der Waals surface area contributed by atoms with Gasteiger partial charge in [-0.25, -0.2) is 9.59 Å². The lowest BCUT2D eigenvalue weighted by Crippen LogP contribution is -2.50. The molecule has 0 radical (unpaired) electrons. The molecule has 0 bridgehead atoms. The van der Waals surface area contributed by atoms with E-state index >= 15 is 0 Å². The second-order valence-electron chi connectivity index (χ2n) is 8.76. The molecule has 2 atom stereocenters. The van der Waals surface area contributed by atoms with Gasteiger partial charge in [-0.05, 0) is 35.1 Å². The summed E-state index contributed by atoms with van der Waals surface area (Å²) in [6, 6.07) is 15.1. The molecule has 2 aromatic rings. The largest absolute Gasteiger partial charge is 0.477 e. The maximum Gasteiger partial charge on any atom is 0.407 e. The number of amides is 2. The van der Waals surface area contributed by atoms with Crippen molar-refractivity contribution in [3.05, 3.63) is 59.7 Å². The maximum absolute atomic E-state index is 13.3. The molecule has 0 spiro atoms. The minimum atomic E-state index is -4.08. The van der Waals surface area contributed by atoms with Crippen molar-refractivity contribution in [1.29, 1.82) is 0 Å². The van der Waals surface area contributed by atoms with Gasteiger partial charge < -0.3 is 20.5 Å². The average Bonchev–Trinajstić information content (AvgIpc) is 3.10. The number of rotatable bonds is 9. The highest BCUT2D eigenvalue weighted by molar-refractivity contribution is 5.82. The number of alkyl carbamates (subject to hydrolysis) is 1. The Balaban J connectivity index is 1.61. The van der Waals surface area contributed by atoms with E-state index in [1.54, 1.807) is 20.8 Å². The van der Waals surface area contributed by atoms with Crippen molar-refractivity contribution in [3.8, 4) is 11.1 Å². The number of alkyl halides is 2. The van der Waals surface area contributed by atoms with Crippen LogP contribution in [-0.4, -0.2) is 48.2 Å². The first-order valence-electron chi connectivity index (χ1n) is 11.0. The van der Waals surface area contributed by atoms with Crippen LogP contribution in [0.4, 0.5) is 13.6 Å². The van der Waals surface area contributed by atoms with Crippen LogP contribution in [0.25, 0.3) is 11.1 Å². The average molecular weight is 475 g/mol. The number of carboxylic acid groups (broad SMARTS) is 1. The lowest BCUT2D eigenvalue weighted by Gasteiger charge is -2.27. The molecule has 2 aromatic carbocycles. The minimum Gasteiger partial charge on any atom is -0.477 e. The number of fused-ring (bicyclic) bond motifs is 3. The Labute approximate surface area is 196 Å². The summed E-state index contributed by atoms with van der Waals surface area (Å²) >= 11 is 0. The smallest absolute Gasteiger partial charge is 0.407 e. The Bertz CT molecular complexity index is 1030. The summed E-state index contributed by atoms with van der Waals surface area (Å²) in [4.78, 5) is 35.6. The lowest BCUT2D eigenvalue weighted by molar-refractivity contribution is -0.164. The number of halogens is 2. The van der Waals surface area contributed by atoms with Crippen molar-refractivity contribution in [3.63, 3.8) is 0 Å². The van der Waals surface area contributed by atoms with Gasteiger partial charge in [-0.2, -0.15) is 8.78 Å². The van der Waals surface area contributed by atoms with Gasteiger partial charge in [0.1, 0.15) is 6.61 Å². The summed E-state index contributed by atoms with van der Waals surface area (Å²) in [5, 5.41) is 13.1. The zero-order valence-electron chi connectivity index (χ0n) is 19.2. The molecule has 1 aliphatic carbocycles. The second kappa shape index (κ2) is 10.2. The van der Waals surface area contributed by atoms with Crippen LogP contribution >= 0.6 is 0 Å². The molecule has 3 N–H and O–H groups in total. The molecule has 182 valence electrons. The van der Waals surface area contributed by atoms with Gasteiger partial charge in [0.15, 0.2) is 0 Å². The topological polar surface area (TPSA) is 105 Å². The first-order chi connectivity index (χ1) is 16.0. The fraction of sp³-hybridized carbons (Fsp3) is 0.400. The SMILES string of the molecule is CC(C)C(C(=O)NCC(F)(F)C(=O)O)C(C)NC(=O)OCC1c2ccccc2-c2ccccc21. The van der Waals surface area contributed by atoms with E-state index in [4.69, 9.17) is 9.84 Å². The van der Waals surface area contributed by atoms with Crippen LogP contribution in [0.3, 0.4) is 0 Å². The molecule has 0 fully saturated rings. The number of benzene rings is 2. The van der Waals surface area contributed by atoms with Gasteiger partial charge in [0, 0.05) is 12.0 Å². The van der Waals surface area contributed by atoms with Crippen molar-refractivity contribution in [2.45, 2.75) is 38.7 Å². The molecule has 34 heavy (non-hydrogen) atoms. The molecule has 2 amide bonds.